The van der Waals surface area contributed by atoms with Gasteiger partial charge in [0.05, 0.1) is 13.0 Å². The summed E-state index contributed by atoms with van der Waals surface area (Å²) in [5.41, 5.74) is 7.16. The minimum atomic E-state index is 0.182. The molecule has 1 amide bonds. The average molecular weight is 290 g/mol. The largest absolute Gasteiger partial charge is 0.493 e. The zero-order valence-corrected chi connectivity index (χ0v) is 13.1. The summed E-state index contributed by atoms with van der Waals surface area (Å²) in [6, 6.07) is 7.90. The second-order valence-electron chi connectivity index (χ2n) is 6.31. The van der Waals surface area contributed by atoms with Crippen molar-refractivity contribution in [3.8, 4) is 5.75 Å². The van der Waals surface area contributed by atoms with E-state index in [0.29, 0.717) is 19.6 Å². The number of hydrogen-bond acceptors (Lipinski definition) is 3. The number of piperidine rings is 1. The number of carbonyl (C=O) groups excluding carboxylic acids is 1. The summed E-state index contributed by atoms with van der Waals surface area (Å²) in [7, 11) is 0. The summed E-state index contributed by atoms with van der Waals surface area (Å²) >= 11 is 0. The van der Waals surface area contributed by atoms with E-state index in [0.717, 1.165) is 37.2 Å². The van der Waals surface area contributed by atoms with Crippen LogP contribution in [0, 0.1) is 12.3 Å². The molecule has 2 rings (SSSR count). The van der Waals surface area contributed by atoms with Crippen LogP contribution in [0.5, 0.6) is 5.75 Å². The highest BCUT2D eigenvalue weighted by Gasteiger charge is 2.30. The summed E-state index contributed by atoms with van der Waals surface area (Å²) in [6.45, 7) is 7.00. The molecule has 2 N–H and O–H groups in total. The Kier molecular flexibility index (Phi) is 5.23. The van der Waals surface area contributed by atoms with Crippen LogP contribution in [0.3, 0.4) is 0 Å². The molecule has 21 heavy (non-hydrogen) atoms. The van der Waals surface area contributed by atoms with Crippen molar-refractivity contribution in [1.82, 2.24) is 4.90 Å². The van der Waals surface area contributed by atoms with Crippen LogP contribution in [0.2, 0.25) is 0 Å². The Labute approximate surface area is 127 Å². The third-order valence-corrected chi connectivity index (χ3v) is 4.39. The van der Waals surface area contributed by atoms with Gasteiger partial charge in [-0.25, -0.2) is 0 Å². The predicted octanol–water partition coefficient (Wildman–Crippen LogP) is 2.35. The summed E-state index contributed by atoms with van der Waals surface area (Å²) in [6.07, 6.45) is 2.43. The molecular formula is C17H26N2O2. The smallest absolute Gasteiger partial charge is 0.225 e. The fraction of sp³-hybridized carbons (Fsp3) is 0.588. The first-order valence-corrected chi connectivity index (χ1v) is 7.70. The van der Waals surface area contributed by atoms with Gasteiger partial charge >= 0.3 is 0 Å². The van der Waals surface area contributed by atoms with Gasteiger partial charge in [-0.05, 0) is 49.4 Å². The van der Waals surface area contributed by atoms with Crippen LogP contribution in [-0.4, -0.2) is 37.0 Å². The van der Waals surface area contributed by atoms with E-state index in [4.69, 9.17) is 10.5 Å². The van der Waals surface area contributed by atoms with Gasteiger partial charge in [0.2, 0.25) is 5.91 Å². The Hall–Kier alpha value is -1.55. The van der Waals surface area contributed by atoms with Crippen molar-refractivity contribution in [3.63, 3.8) is 0 Å². The van der Waals surface area contributed by atoms with Gasteiger partial charge in [0.25, 0.3) is 0 Å². The standard InChI is InChI=1S/C17H26N2O2/c1-14-4-3-5-15(12-14)21-11-6-16(20)19-9-7-17(2,13-18)8-10-19/h3-5,12H,6-11,13,18H2,1-2H3. The summed E-state index contributed by atoms with van der Waals surface area (Å²) in [5, 5.41) is 0. The number of nitrogens with zero attached hydrogens (tertiary/aromatic N) is 1. The molecule has 0 saturated carbocycles. The third kappa shape index (κ3) is 4.46. The molecule has 1 aromatic carbocycles. The van der Waals surface area contributed by atoms with Crippen LogP contribution < -0.4 is 10.5 Å². The van der Waals surface area contributed by atoms with Crippen molar-refractivity contribution in [2.75, 3.05) is 26.2 Å². The van der Waals surface area contributed by atoms with Crippen molar-refractivity contribution in [2.24, 2.45) is 11.1 Å². The van der Waals surface area contributed by atoms with Gasteiger partial charge in [-0.15, -0.1) is 0 Å². The zero-order valence-electron chi connectivity index (χ0n) is 13.1. The molecule has 0 bridgehead atoms. The number of likely N-dealkylation sites (tertiary alicyclic amines) is 1. The highest BCUT2D eigenvalue weighted by atomic mass is 16.5. The Balaban J connectivity index is 1.73. The topological polar surface area (TPSA) is 55.6 Å². The second kappa shape index (κ2) is 6.94. The second-order valence-corrected chi connectivity index (χ2v) is 6.31. The quantitative estimate of drug-likeness (QED) is 0.905. The van der Waals surface area contributed by atoms with Crippen LogP contribution in [0.4, 0.5) is 0 Å². The molecule has 0 aliphatic carbocycles. The SMILES string of the molecule is Cc1cccc(OCCC(=O)N2CCC(C)(CN)CC2)c1. The number of rotatable bonds is 5. The molecule has 1 aliphatic rings. The van der Waals surface area contributed by atoms with Gasteiger partial charge in [-0.1, -0.05) is 19.1 Å². The van der Waals surface area contributed by atoms with Gasteiger partial charge in [0, 0.05) is 13.1 Å². The first-order valence-electron chi connectivity index (χ1n) is 7.70. The fourth-order valence-electron chi connectivity index (χ4n) is 2.62. The van der Waals surface area contributed by atoms with E-state index in [2.05, 4.69) is 6.92 Å². The van der Waals surface area contributed by atoms with Crippen molar-refractivity contribution in [1.29, 1.82) is 0 Å². The lowest BCUT2D eigenvalue weighted by molar-refractivity contribution is -0.133. The maximum absolute atomic E-state index is 12.2. The Morgan fingerprint density at radius 1 is 1.38 bits per heavy atom. The molecular weight excluding hydrogens is 264 g/mol. The molecule has 0 atom stereocenters. The molecule has 0 aromatic heterocycles. The summed E-state index contributed by atoms with van der Waals surface area (Å²) in [5.74, 6) is 1.01. The lowest BCUT2D eigenvalue weighted by Crippen LogP contribution is -2.45. The lowest BCUT2D eigenvalue weighted by Gasteiger charge is -2.38. The first-order chi connectivity index (χ1) is 10.0. The van der Waals surface area contributed by atoms with E-state index in [1.54, 1.807) is 0 Å². The monoisotopic (exact) mass is 290 g/mol. The first kappa shape index (κ1) is 15.8. The molecule has 116 valence electrons. The minimum absolute atomic E-state index is 0.182. The summed E-state index contributed by atoms with van der Waals surface area (Å²) < 4.78 is 5.64. The van der Waals surface area contributed by atoms with E-state index < -0.39 is 0 Å². The van der Waals surface area contributed by atoms with Crippen LogP contribution in [-0.2, 0) is 4.79 Å². The van der Waals surface area contributed by atoms with Crippen LogP contribution >= 0.6 is 0 Å². The summed E-state index contributed by atoms with van der Waals surface area (Å²) in [4.78, 5) is 14.1. The molecule has 1 heterocycles. The molecule has 1 aromatic rings. The fourth-order valence-corrected chi connectivity index (χ4v) is 2.62. The van der Waals surface area contributed by atoms with Crippen molar-refractivity contribution in [2.45, 2.75) is 33.1 Å². The molecule has 0 unspecified atom stereocenters. The van der Waals surface area contributed by atoms with Crippen LogP contribution in [0.25, 0.3) is 0 Å². The molecule has 1 fully saturated rings. The van der Waals surface area contributed by atoms with E-state index in [1.165, 1.54) is 0 Å². The molecule has 0 radical (unpaired) electrons. The average Bonchev–Trinajstić information content (AvgIpc) is 2.48. The number of aryl methyl sites for hydroxylation is 1. The highest BCUT2D eigenvalue weighted by Crippen LogP contribution is 2.29. The molecule has 0 spiro atoms. The van der Waals surface area contributed by atoms with E-state index >= 15 is 0 Å². The van der Waals surface area contributed by atoms with Crippen molar-refractivity contribution >= 4 is 5.91 Å². The number of carbonyl (C=O) groups is 1. The number of benzene rings is 1. The van der Waals surface area contributed by atoms with Crippen molar-refractivity contribution in [3.05, 3.63) is 29.8 Å². The molecule has 1 aliphatic heterocycles. The number of hydrogen-bond donors (Lipinski definition) is 1. The number of ether oxygens (including phenoxy) is 1. The molecule has 4 heteroatoms. The van der Waals surface area contributed by atoms with Gasteiger partial charge in [0.15, 0.2) is 0 Å². The van der Waals surface area contributed by atoms with E-state index in [9.17, 15) is 4.79 Å². The predicted molar refractivity (Wildman–Crippen MR) is 84.3 cm³/mol. The highest BCUT2D eigenvalue weighted by molar-refractivity contribution is 5.76. The Bertz CT molecular complexity index is 479. The maximum Gasteiger partial charge on any atom is 0.225 e. The normalized spacial score (nSPS) is 17.6. The maximum atomic E-state index is 12.2. The van der Waals surface area contributed by atoms with Crippen molar-refractivity contribution < 1.29 is 9.53 Å². The number of amides is 1. The minimum Gasteiger partial charge on any atom is -0.493 e. The Morgan fingerprint density at radius 3 is 2.71 bits per heavy atom. The van der Waals surface area contributed by atoms with Gasteiger partial charge in [-0.3, -0.25) is 4.79 Å². The van der Waals surface area contributed by atoms with Gasteiger partial charge in [0.1, 0.15) is 5.75 Å². The molecule has 4 nitrogen and oxygen atoms in total. The number of nitrogens with two attached hydrogens (primary N) is 1. The van der Waals surface area contributed by atoms with Gasteiger partial charge < -0.3 is 15.4 Å². The lowest BCUT2D eigenvalue weighted by atomic mass is 9.80. The van der Waals surface area contributed by atoms with E-state index in [1.807, 2.05) is 36.1 Å². The van der Waals surface area contributed by atoms with Gasteiger partial charge in [-0.2, -0.15) is 0 Å². The van der Waals surface area contributed by atoms with E-state index in [-0.39, 0.29) is 11.3 Å². The Morgan fingerprint density at radius 2 is 2.10 bits per heavy atom. The van der Waals surface area contributed by atoms with Crippen LogP contribution in [0.15, 0.2) is 24.3 Å². The molecule has 1 saturated heterocycles. The third-order valence-electron chi connectivity index (χ3n) is 4.39. The zero-order chi connectivity index (χ0) is 15.3. The van der Waals surface area contributed by atoms with Crippen LogP contribution in [0.1, 0.15) is 31.7 Å².